The molecule has 0 unspecified atom stereocenters. The van der Waals surface area contributed by atoms with Gasteiger partial charge in [-0.15, -0.1) is 0 Å². The zero-order valence-corrected chi connectivity index (χ0v) is 10.1. The average Bonchev–Trinajstić information content (AvgIpc) is 2.38. The van der Waals surface area contributed by atoms with Crippen molar-refractivity contribution < 1.29 is 27.5 Å². The number of imide groups is 1. The quantitative estimate of drug-likeness (QED) is 0.603. The highest BCUT2D eigenvalue weighted by Crippen LogP contribution is 2.21. The highest BCUT2D eigenvalue weighted by atomic mass is 19.4. The minimum absolute atomic E-state index is 0.117. The largest absolute Gasteiger partial charge is 0.411 e. The average molecular weight is 268 g/mol. The van der Waals surface area contributed by atoms with Crippen LogP contribution in [0.2, 0.25) is 0 Å². The second-order valence-corrected chi connectivity index (χ2v) is 4.49. The molecule has 0 radical (unpaired) electrons. The number of amides is 3. The fourth-order valence-electron chi connectivity index (χ4n) is 1.59. The first kappa shape index (κ1) is 14.7. The summed E-state index contributed by atoms with van der Waals surface area (Å²) in [5, 5.41) is 2.15. The van der Waals surface area contributed by atoms with Crippen LogP contribution < -0.4 is 5.32 Å². The Bertz CT molecular complexity index is 342. The van der Waals surface area contributed by atoms with Crippen molar-refractivity contribution >= 4 is 11.9 Å². The Morgan fingerprint density at radius 2 is 1.94 bits per heavy atom. The summed E-state index contributed by atoms with van der Waals surface area (Å²) in [4.78, 5) is 24.1. The number of halogens is 3. The van der Waals surface area contributed by atoms with Gasteiger partial charge in [-0.05, 0) is 20.3 Å². The van der Waals surface area contributed by atoms with Gasteiger partial charge in [0.1, 0.15) is 12.1 Å². The van der Waals surface area contributed by atoms with Crippen LogP contribution in [-0.4, -0.2) is 48.3 Å². The molecule has 0 aromatic carbocycles. The molecule has 1 fully saturated rings. The molecule has 3 amide bonds. The smallest absolute Gasteiger partial charge is 0.372 e. The molecule has 1 heterocycles. The molecule has 18 heavy (non-hydrogen) atoms. The summed E-state index contributed by atoms with van der Waals surface area (Å²) < 4.78 is 39.7. The van der Waals surface area contributed by atoms with E-state index >= 15 is 0 Å². The highest BCUT2D eigenvalue weighted by Gasteiger charge is 2.44. The van der Waals surface area contributed by atoms with Gasteiger partial charge in [0.15, 0.2) is 0 Å². The van der Waals surface area contributed by atoms with Crippen LogP contribution in [0.5, 0.6) is 0 Å². The number of ether oxygens (including phenoxy) is 1. The number of hydrogen-bond donors (Lipinski definition) is 1. The van der Waals surface area contributed by atoms with Gasteiger partial charge >= 0.3 is 12.2 Å². The Kier molecular flexibility index (Phi) is 4.20. The van der Waals surface area contributed by atoms with E-state index in [0.717, 1.165) is 0 Å². The SMILES string of the molecule is CC1(C)C(=O)NC(=O)N1CCCOCC(F)(F)F. The van der Waals surface area contributed by atoms with Crippen molar-refractivity contribution in [2.75, 3.05) is 19.8 Å². The van der Waals surface area contributed by atoms with Crippen LogP contribution in [0.3, 0.4) is 0 Å². The first-order valence-corrected chi connectivity index (χ1v) is 5.42. The van der Waals surface area contributed by atoms with Gasteiger partial charge in [-0.3, -0.25) is 10.1 Å². The Hall–Kier alpha value is -1.31. The van der Waals surface area contributed by atoms with E-state index in [-0.39, 0.29) is 19.6 Å². The molecule has 0 aromatic rings. The van der Waals surface area contributed by atoms with E-state index in [2.05, 4.69) is 10.1 Å². The lowest BCUT2D eigenvalue weighted by Gasteiger charge is -2.27. The van der Waals surface area contributed by atoms with Gasteiger partial charge in [0.05, 0.1) is 0 Å². The lowest BCUT2D eigenvalue weighted by atomic mass is 10.0. The Balaban J connectivity index is 2.31. The topological polar surface area (TPSA) is 58.6 Å². The summed E-state index contributed by atoms with van der Waals surface area (Å²) in [5.41, 5.74) is -0.971. The lowest BCUT2D eigenvalue weighted by Crippen LogP contribution is -2.44. The third kappa shape index (κ3) is 3.59. The molecule has 0 atom stereocenters. The summed E-state index contributed by atoms with van der Waals surface area (Å²) in [6.07, 6.45) is -4.11. The third-order valence-corrected chi connectivity index (χ3v) is 2.63. The summed E-state index contributed by atoms with van der Waals surface area (Å²) >= 11 is 0. The Labute approximate surface area is 102 Å². The van der Waals surface area contributed by atoms with E-state index in [1.54, 1.807) is 13.8 Å². The molecule has 0 aromatic heterocycles. The molecule has 1 rings (SSSR count). The number of nitrogens with zero attached hydrogens (tertiary/aromatic N) is 1. The Morgan fingerprint density at radius 3 is 2.39 bits per heavy atom. The standard InChI is InChI=1S/C10H15F3N2O3/c1-9(2)7(16)14-8(17)15(9)4-3-5-18-6-10(11,12)13/h3-6H2,1-2H3,(H,14,16,17). The fraction of sp³-hybridized carbons (Fsp3) is 0.800. The van der Waals surface area contributed by atoms with E-state index in [1.807, 2.05) is 0 Å². The molecule has 1 aliphatic heterocycles. The Morgan fingerprint density at radius 1 is 1.33 bits per heavy atom. The second-order valence-electron chi connectivity index (χ2n) is 4.49. The number of rotatable bonds is 5. The number of carbonyl (C=O) groups excluding carboxylic acids is 2. The van der Waals surface area contributed by atoms with E-state index in [4.69, 9.17) is 0 Å². The molecule has 0 aliphatic carbocycles. The van der Waals surface area contributed by atoms with Crippen LogP contribution in [0.1, 0.15) is 20.3 Å². The molecule has 1 aliphatic rings. The van der Waals surface area contributed by atoms with Crippen molar-refractivity contribution in [3.05, 3.63) is 0 Å². The highest BCUT2D eigenvalue weighted by molar-refractivity contribution is 6.06. The van der Waals surface area contributed by atoms with Gasteiger partial charge in [0.2, 0.25) is 0 Å². The van der Waals surface area contributed by atoms with Crippen LogP contribution in [0.15, 0.2) is 0 Å². The maximum Gasteiger partial charge on any atom is 0.411 e. The van der Waals surface area contributed by atoms with Crippen LogP contribution in [0.25, 0.3) is 0 Å². The molecule has 104 valence electrons. The van der Waals surface area contributed by atoms with Gasteiger partial charge in [0.25, 0.3) is 5.91 Å². The molecule has 8 heteroatoms. The summed E-state index contributed by atoms with van der Waals surface area (Å²) in [5.74, 6) is -0.413. The number of carbonyl (C=O) groups is 2. The fourth-order valence-corrected chi connectivity index (χ4v) is 1.59. The van der Waals surface area contributed by atoms with Gasteiger partial charge in [-0.1, -0.05) is 0 Å². The van der Waals surface area contributed by atoms with Crippen molar-refractivity contribution in [1.82, 2.24) is 10.2 Å². The maximum absolute atomic E-state index is 11.8. The third-order valence-electron chi connectivity index (χ3n) is 2.63. The van der Waals surface area contributed by atoms with Crippen LogP contribution >= 0.6 is 0 Å². The molecular formula is C10H15F3N2O3. The van der Waals surface area contributed by atoms with Crippen molar-refractivity contribution in [3.63, 3.8) is 0 Å². The van der Waals surface area contributed by atoms with Crippen LogP contribution in [-0.2, 0) is 9.53 Å². The zero-order chi connectivity index (χ0) is 14.0. The first-order chi connectivity index (χ1) is 8.14. The van der Waals surface area contributed by atoms with Crippen LogP contribution in [0.4, 0.5) is 18.0 Å². The van der Waals surface area contributed by atoms with Crippen molar-refractivity contribution in [3.8, 4) is 0 Å². The summed E-state index contributed by atoms with van der Waals surface area (Å²) in [6.45, 7) is 1.89. The molecule has 0 spiro atoms. The first-order valence-electron chi connectivity index (χ1n) is 5.42. The molecule has 0 saturated carbocycles. The maximum atomic E-state index is 11.8. The van der Waals surface area contributed by atoms with Gasteiger partial charge in [0, 0.05) is 13.2 Å². The lowest BCUT2D eigenvalue weighted by molar-refractivity contribution is -0.174. The summed E-state index contributed by atoms with van der Waals surface area (Å²) in [7, 11) is 0. The van der Waals surface area contributed by atoms with Gasteiger partial charge in [-0.2, -0.15) is 13.2 Å². The monoisotopic (exact) mass is 268 g/mol. The van der Waals surface area contributed by atoms with Crippen molar-refractivity contribution in [1.29, 1.82) is 0 Å². The molecule has 0 bridgehead atoms. The normalized spacial score (nSPS) is 19.3. The van der Waals surface area contributed by atoms with Crippen molar-refractivity contribution in [2.24, 2.45) is 0 Å². The zero-order valence-electron chi connectivity index (χ0n) is 10.1. The number of alkyl halides is 3. The predicted octanol–water partition coefficient (Wildman–Crippen LogP) is 1.29. The van der Waals surface area contributed by atoms with Crippen LogP contribution in [0, 0.1) is 0 Å². The minimum Gasteiger partial charge on any atom is -0.372 e. The van der Waals surface area contributed by atoms with Gasteiger partial charge in [-0.25, -0.2) is 4.79 Å². The van der Waals surface area contributed by atoms with E-state index in [0.29, 0.717) is 0 Å². The number of urea groups is 1. The van der Waals surface area contributed by atoms with E-state index < -0.39 is 30.3 Å². The molecule has 1 N–H and O–H groups in total. The second kappa shape index (κ2) is 5.13. The number of nitrogens with one attached hydrogen (secondary N) is 1. The predicted molar refractivity (Wildman–Crippen MR) is 55.8 cm³/mol. The molecular weight excluding hydrogens is 253 g/mol. The van der Waals surface area contributed by atoms with E-state index in [1.165, 1.54) is 4.90 Å². The minimum atomic E-state index is -4.35. The van der Waals surface area contributed by atoms with Gasteiger partial charge < -0.3 is 9.64 Å². The summed E-state index contributed by atoms with van der Waals surface area (Å²) in [6, 6.07) is -0.527. The van der Waals surface area contributed by atoms with E-state index in [9.17, 15) is 22.8 Å². The van der Waals surface area contributed by atoms with Crippen molar-refractivity contribution in [2.45, 2.75) is 32.0 Å². The number of hydrogen-bond acceptors (Lipinski definition) is 3. The molecule has 1 saturated heterocycles. The molecule has 5 nitrogen and oxygen atoms in total.